The van der Waals surface area contributed by atoms with Gasteiger partial charge in [0.2, 0.25) is 5.16 Å². The summed E-state index contributed by atoms with van der Waals surface area (Å²) >= 11 is 7.65. The summed E-state index contributed by atoms with van der Waals surface area (Å²) < 4.78 is 0. The molecular formula is C16H12ClN3S. The van der Waals surface area contributed by atoms with Gasteiger partial charge in [0.1, 0.15) is 5.69 Å². The first-order valence-corrected chi connectivity index (χ1v) is 7.80. The van der Waals surface area contributed by atoms with Gasteiger partial charge in [-0.1, -0.05) is 71.9 Å². The van der Waals surface area contributed by atoms with Crippen molar-refractivity contribution in [2.24, 2.45) is 0 Å². The van der Waals surface area contributed by atoms with Gasteiger partial charge in [0.25, 0.3) is 0 Å². The highest BCUT2D eigenvalue weighted by Gasteiger charge is 2.05. The third kappa shape index (κ3) is 3.60. The summed E-state index contributed by atoms with van der Waals surface area (Å²) in [5, 5.41) is 9.79. The zero-order valence-electron chi connectivity index (χ0n) is 11.1. The lowest BCUT2D eigenvalue weighted by Gasteiger charge is -2.03. The van der Waals surface area contributed by atoms with Gasteiger partial charge >= 0.3 is 0 Å². The number of aromatic nitrogens is 3. The van der Waals surface area contributed by atoms with E-state index in [1.165, 1.54) is 11.8 Å². The first-order chi connectivity index (χ1) is 10.3. The van der Waals surface area contributed by atoms with Crippen LogP contribution in [-0.4, -0.2) is 15.2 Å². The minimum Gasteiger partial charge on any atom is -0.227 e. The standard InChI is InChI=1S/C16H12ClN3S/c17-14-9-5-4-8-13(14)11-21-16-18-10-15(19-20-16)12-6-2-1-3-7-12/h1-10H,11H2. The molecule has 0 radical (unpaired) electrons. The molecule has 0 unspecified atom stereocenters. The summed E-state index contributed by atoms with van der Waals surface area (Å²) in [5.74, 6) is 0.728. The van der Waals surface area contributed by atoms with Crippen LogP contribution in [0.1, 0.15) is 5.56 Å². The lowest BCUT2D eigenvalue weighted by Crippen LogP contribution is -1.93. The van der Waals surface area contributed by atoms with E-state index in [9.17, 15) is 0 Å². The summed E-state index contributed by atoms with van der Waals surface area (Å²) in [7, 11) is 0. The lowest BCUT2D eigenvalue weighted by atomic mass is 10.2. The average Bonchev–Trinajstić information content (AvgIpc) is 2.55. The normalized spacial score (nSPS) is 10.5. The molecule has 0 aliphatic carbocycles. The molecule has 1 aromatic heterocycles. The molecule has 3 rings (SSSR count). The molecule has 21 heavy (non-hydrogen) atoms. The van der Waals surface area contributed by atoms with Crippen molar-refractivity contribution in [3.8, 4) is 11.3 Å². The van der Waals surface area contributed by atoms with Gasteiger partial charge in [0.15, 0.2) is 0 Å². The topological polar surface area (TPSA) is 38.7 Å². The van der Waals surface area contributed by atoms with Gasteiger partial charge < -0.3 is 0 Å². The maximum Gasteiger partial charge on any atom is 0.209 e. The number of thioether (sulfide) groups is 1. The quantitative estimate of drug-likeness (QED) is 0.665. The Bertz CT molecular complexity index is 717. The second-order valence-corrected chi connectivity index (χ2v) is 5.72. The second kappa shape index (κ2) is 6.70. The van der Waals surface area contributed by atoms with Crippen LogP contribution in [0.3, 0.4) is 0 Å². The van der Waals surface area contributed by atoms with Crippen molar-refractivity contribution in [2.45, 2.75) is 10.9 Å². The predicted molar refractivity (Wildman–Crippen MR) is 86.3 cm³/mol. The van der Waals surface area contributed by atoms with E-state index in [1.54, 1.807) is 6.20 Å². The Morgan fingerprint density at radius 1 is 0.905 bits per heavy atom. The molecule has 0 bridgehead atoms. The maximum absolute atomic E-state index is 6.13. The second-order valence-electron chi connectivity index (χ2n) is 4.37. The highest BCUT2D eigenvalue weighted by molar-refractivity contribution is 7.98. The molecule has 3 nitrogen and oxygen atoms in total. The van der Waals surface area contributed by atoms with E-state index in [0.29, 0.717) is 5.16 Å². The molecule has 0 aliphatic rings. The van der Waals surface area contributed by atoms with Crippen LogP contribution in [0, 0.1) is 0 Å². The van der Waals surface area contributed by atoms with E-state index in [4.69, 9.17) is 11.6 Å². The molecule has 104 valence electrons. The molecule has 1 heterocycles. The van der Waals surface area contributed by atoms with Crippen LogP contribution >= 0.6 is 23.4 Å². The minimum atomic E-state index is 0.648. The Labute approximate surface area is 132 Å². The highest BCUT2D eigenvalue weighted by Crippen LogP contribution is 2.24. The van der Waals surface area contributed by atoms with Crippen molar-refractivity contribution in [1.29, 1.82) is 0 Å². The van der Waals surface area contributed by atoms with E-state index >= 15 is 0 Å². The van der Waals surface area contributed by atoms with Crippen LogP contribution in [-0.2, 0) is 5.75 Å². The lowest BCUT2D eigenvalue weighted by molar-refractivity contribution is 0.844. The molecule has 0 spiro atoms. The van der Waals surface area contributed by atoms with Gasteiger partial charge in [-0.2, -0.15) is 0 Å². The Hall–Kier alpha value is -1.91. The third-order valence-corrected chi connectivity index (χ3v) is 4.19. The number of hydrogen-bond acceptors (Lipinski definition) is 4. The average molecular weight is 314 g/mol. The van der Waals surface area contributed by atoms with Gasteiger partial charge in [-0.15, -0.1) is 10.2 Å². The monoisotopic (exact) mass is 313 g/mol. The van der Waals surface area contributed by atoms with E-state index in [0.717, 1.165) is 27.6 Å². The molecule has 0 saturated carbocycles. The number of benzene rings is 2. The number of halogens is 1. The van der Waals surface area contributed by atoms with Gasteiger partial charge in [0, 0.05) is 16.3 Å². The summed E-state index contributed by atoms with van der Waals surface area (Å²) in [4.78, 5) is 4.35. The first-order valence-electron chi connectivity index (χ1n) is 6.44. The van der Waals surface area contributed by atoms with Crippen LogP contribution in [0.25, 0.3) is 11.3 Å². The number of nitrogens with zero attached hydrogens (tertiary/aromatic N) is 3. The van der Waals surface area contributed by atoms with E-state index in [1.807, 2.05) is 54.6 Å². The smallest absolute Gasteiger partial charge is 0.209 e. The minimum absolute atomic E-state index is 0.648. The molecular weight excluding hydrogens is 302 g/mol. The summed E-state index contributed by atoms with van der Waals surface area (Å²) in [6.07, 6.45) is 1.75. The summed E-state index contributed by atoms with van der Waals surface area (Å²) in [6.45, 7) is 0. The van der Waals surface area contributed by atoms with Gasteiger partial charge in [-0.25, -0.2) is 4.98 Å². The Balaban J connectivity index is 1.69. The third-order valence-electron chi connectivity index (χ3n) is 2.92. The van der Waals surface area contributed by atoms with Crippen LogP contribution in [0.15, 0.2) is 66.0 Å². The van der Waals surface area contributed by atoms with Gasteiger partial charge in [-0.05, 0) is 11.6 Å². The van der Waals surface area contributed by atoms with Crippen molar-refractivity contribution < 1.29 is 0 Å². The van der Waals surface area contributed by atoms with Crippen molar-refractivity contribution in [3.05, 3.63) is 71.4 Å². The molecule has 0 N–H and O–H groups in total. The van der Waals surface area contributed by atoms with Crippen LogP contribution in [0.5, 0.6) is 0 Å². The van der Waals surface area contributed by atoms with Crippen molar-refractivity contribution in [3.63, 3.8) is 0 Å². The number of hydrogen-bond donors (Lipinski definition) is 0. The molecule has 0 atom stereocenters. The fraction of sp³-hybridized carbons (Fsp3) is 0.0625. The maximum atomic E-state index is 6.13. The molecule has 0 saturated heterocycles. The molecule has 0 aliphatic heterocycles. The zero-order chi connectivity index (χ0) is 14.5. The van der Waals surface area contributed by atoms with E-state index < -0.39 is 0 Å². The van der Waals surface area contributed by atoms with Crippen LogP contribution < -0.4 is 0 Å². The molecule has 0 fully saturated rings. The SMILES string of the molecule is Clc1ccccc1CSc1ncc(-c2ccccc2)nn1. The van der Waals surface area contributed by atoms with Crippen LogP contribution in [0.4, 0.5) is 0 Å². The fourth-order valence-electron chi connectivity index (χ4n) is 1.83. The van der Waals surface area contributed by atoms with E-state index in [-0.39, 0.29) is 0 Å². The molecule has 0 amide bonds. The largest absolute Gasteiger partial charge is 0.227 e. The van der Waals surface area contributed by atoms with Gasteiger partial charge in [-0.3, -0.25) is 0 Å². The number of rotatable bonds is 4. The van der Waals surface area contributed by atoms with Crippen LogP contribution in [0.2, 0.25) is 5.02 Å². The fourth-order valence-corrected chi connectivity index (χ4v) is 2.87. The van der Waals surface area contributed by atoms with Crippen molar-refractivity contribution in [1.82, 2.24) is 15.2 Å². The van der Waals surface area contributed by atoms with E-state index in [2.05, 4.69) is 15.2 Å². The Kier molecular flexibility index (Phi) is 4.48. The van der Waals surface area contributed by atoms with Gasteiger partial charge in [0.05, 0.1) is 6.20 Å². The van der Waals surface area contributed by atoms with Crippen molar-refractivity contribution >= 4 is 23.4 Å². The summed E-state index contributed by atoms with van der Waals surface area (Å²) in [5.41, 5.74) is 2.86. The first kappa shape index (κ1) is 14.0. The predicted octanol–water partition coefficient (Wildman–Crippen LogP) is 4.48. The Morgan fingerprint density at radius 3 is 2.38 bits per heavy atom. The zero-order valence-corrected chi connectivity index (χ0v) is 12.7. The molecule has 2 aromatic carbocycles. The van der Waals surface area contributed by atoms with Crippen molar-refractivity contribution in [2.75, 3.05) is 0 Å². The highest BCUT2D eigenvalue weighted by atomic mass is 35.5. The Morgan fingerprint density at radius 2 is 1.67 bits per heavy atom. The molecule has 5 heteroatoms. The molecule has 3 aromatic rings. The summed E-state index contributed by atoms with van der Waals surface area (Å²) in [6, 6.07) is 17.7.